The molecule has 1 heterocycles. The van der Waals surface area contributed by atoms with Gasteiger partial charge in [-0.15, -0.1) is 0 Å². The van der Waals surface area contributed by atoms with E-state index in [-0.39, 0.29) is 17.3 Å². The molecule has 0 aliphatic carbocycles. The second-order valence-electron chi connectivity index (χ2n) is 7.18. The Kier molecular flexibility index (Phi) is 4.43. The van der Waals surface area contributed by atoms with Crippen LogP contribution in [0.1, 0.15) is 33.3 Å². The lowest BCUT2D eigenvalue weighted by Crippen LogP contribution is -2.42. The predicted molar refractivity (Wildman–Crippen MR) is 81.5 cm³/mol. The SMILES string of the molecule is CN(Cc1ccc(F)cc1)CC1C(O)C(C)(C)OC1(C)C. The summed E-state index contributed by atoms with van der Waals surface area (Å²) in [5.74, 6) is -0.179. The number of nitrogens with zero attached hydrogens (tertiary/aromatic N) is 1. The van der Waals surface area contributed by atoms with Crippen molar-refractivity contribution in [3.05, 3.63) is 35.6 Å². The number of halogens is 1. The zero-order valence-corrected chi connectivity index (χ0v) is 13.6. The Balaban J connectivity index is 2.02. The van der Waals surface area contributed by atoms with Crippen molar-refractivity contribution >= 4 is 0 Å². The third-order valence-corrected chi connectivity index (χ3v) is 4.39. The topological polar surface area (TPSA) is 32.7 Å². The molecule has 0 spiro atoms. The number of benzene rings is 1. The molecule has 1 saturated heterocycles. The minimum atomic E-state index is -0.523. The van der Waals surface area contributed by atoms with Crippen LogP contribution in [-0.4, -0.2) is 40.9 Å². The number of hydrogen-bond acceptors (Lipinski definition) is 3. The Morgan fingerprint density at radius 2 is 1.71 bits per heavy atom. The highest BCUT2D eigenvalue weighted by molar-refractivity contribution is 5.16. The van der Waals surface area contributed by atoms with Crippen molar-refractivity contribution < 1.29 is 14.2 Å². The van der Waals surface area contributed by atoms with Crippen molar-refractivity contribution in [2.75, 3.05) is 13.6 Å². The van der Waals surface area contributed by atoms with Gasteiger partial charge in [-0.2, -0.15) is 0 Å². The summed E-state index contributed by atoms with van der Waals surface area (Å²) in [6.07, 6.45) is -0.497. The molecule has 1 aliphatic rings. The molecule has 3 nitrogen and oxygen atoms in total. The van der Waals surface area contributed by atoms with Gasteiger partial charge in [0.15, 0.2) is 0 Å². The molecule has 1 aromatic rings. The lowest BCUT2D eigenvalue weighted by Gasteiger charge is -2.30. The highest BCUT2D eigenvalue weighted by atomic mass is 19.1. The van der Waals surface area contributed by atoms with Crippen LogP contribution in [0.4, 0.5) is 4.39 Å². The maximum Gasteiger partial charge on any atom is 0.123 e. The number of rotatable bonds is 4. The normalized spacial score (nSPS) is 27.2. The zero-order valence-electron chi connectivity index (χ0n) is 13.6. The van der Waals surface area contributed by atoms with Crippen LogP contribution >= 0.6 is 0 Å². The average Bonchev–Trinajstić information content (AvgIpc) is 2.50. The molecule has 0 aromatic heterocycles. The van der Waals surface area contributed by atoms with E-state index in [9.17, 15) is 9.50 Å². The predicted octanol–water partition coefficient (Wildman–Crippen LogP) is 2.82. The first-order valence-corrected chi connectivity index (χ1v) is 7.43. The highest BCUT2D eigenvalue weighted by Crippen LogP contribution is 2.42. The third kappa shape index (κ3) is 3.62. The summed E-state index contributed by atoms with van der Waals surface area (Å²) < 4.78 is 18.9. The van der Waals surface area contributed by atoms with Crippen molar-refractivity contribution in [2.45, 2.75) is 51.5 Å². The Morgan fingerprint density at radius 3 is 2.19 bits per heavy atom. The monoisotopic (exact) mass is 295 g/mol. The average molecular weight is 295 g/mol. The summed E-state index contributed by atoms with van der Waals surface area (Å²) in [4.78, 5) is 2.15. The first kappa shape index (κ1) is 16.4. The second-order valence-corrected chi connectivity index (χ2v) is 7.18. The van der Waals surface area contributed by atoms with Gasteiger partial charge in [-0.1, -0.05) is 12.1 Å². The third-order valence-electron chi connectivity index (χ3n) is 4.39. The van der Waals surface area contributed by atoms with Crippen LogP contribution in [0.15, 0.2) is 24.3 Å². The molecule has 1 aliphatic heterocycles. The molecular weight excluding hydrogens is 269 g/mol. The van der Waals surface area contributed by atoms with Crippen LogP contribution in [0, 0.1) is 11.7 Å². The van der Waals surface area contributed by atoms with Crippen molar-refractivity contribution in [3.63, 3.8) is 0 Å². The minimum absolute atomic E-state index is 0.0398. The molecule has 2 atom stereocenters. The lowest BCUT2D eigenvalue weighted by molar-refractivity contribution is -0.0912. The lowest BCUT2D eigenvalue weighted by atomic mass is 9.84. The van der Waals surface area contributed by atoms with Gasteiger partial charge in [-0.05, 0) is 52.4 Å². The van der Waals surface area contributed by atoms with E-state index in [2.05, 4.69) is 4.90 Å². The number of ether oxygens (including phenoxy) is 1. The molecule has 21 heavy (non-hydrogen) atoms. The van der Waals surface area contributed by atoms with E-state index in [1.807, 2.05) is 34.7 Å². The molecule has 2 unspecified atom stereocenters. The maximum atomic E-state index is 12.9. The molecule has 0 bridgehead atoms. The van der Waals surface area contributed by atoms with E-state index < -0.39 is 11.7 Å². The molecule has 0 saturated carbocycles. The first-order valence-electron chi connectivity index (χ1n) is 7.43. The fraction of sp³-hybridized carbons (Fsp3) is 0.647. The van der Waals surface area contributed by atoms with Crippen LogP contribution in [0.3, 0.4) is 0 Å². The van der Waals surface area contributed by atoms with Crippen LogP contribution in [0.25, 0.3) is 0 Å². The summed E-state index contributed by atoms with van der Waals surface area (Å²) in [6.45, 7) is 9.37. The number of hydrogen-bond donors (Lipinski definition) is 1. The second kappa shape index (κ2) is 5.67. The molecule has 2 rings (SSSR count). The minimum Gasteiger partial charge on any atom is -0.390 e. The van der Waals surface area contributed by atoms with E-state index in [1.54, 1.807) is 12.1 Å². The van der Waals surface area contributed by atoms with Gasteiger partial charge in [0.1, 0.15) is 5.82 Å². The van der Waals surface area contributed by atoms with Gasteiger partial charge in [0, 0.05) is 19.0 Å². The number of aliphatic hydroxyl groups excluding tert-OH is 1. The van der Waals surface area contributed by atoms with Gasteiger partial charge < -0.3 is 14.7 Å². The Bertz CT molecular complexity index is 484. The Hall–Kier alpha value is -0.970. The Morgan fingerprint density at radius 1 is 1.14 bits per heavy atom. The van der Waals surface area contributed by atoms with E-state index in [4.69, 9.17) is 4.74 Å². The fourth-order valence-corrected chi connectivity index (χ4v) is 3.30. The van der Waals surface area contributed by atoms with Crippen molar-refractivity contribution in [1.29, 1.82) is 0 Å². The molecule has 118 valence electrons. The van der Waals surface area contributed by atoms with Gasteiger partial charge in [0.25, 0.3) is 0 Å². The fourth-order valence-electron chi connectivity index (χ4n) is 3.30. The van der Waals surface area contributed by atoms with Gasteiger partial charge in [0.05, 0.1) is 17.3 Å². The highest BCUT2D eigenvalue weighted by Gasteiger charge is 2.53. The van der Waals surface area contributed by atoms with Crippen molar-refractivity contribution in [1.82, 2.24) is 4.90 Å². The number of aliphatic hydroxyl groups is 1. The molecule has 1 aromatic carbocycles. The van der Waals surface area contributed by atoms with E-state index in [0.29, 0.717) is 0 Å². The van der Waals surface area contributed by atoms with E-state index in [0.717, 1.165) is 18.7 Å². The smallest absolute Gasteiger partial charge is 0.123 e. The van der Waals surface area contributed by atoms with Crippen LogP contribution < -0.4 is 0 Å². The molecule has 0 amide bonds. The largest absolute Gasteiger partial charge is 0.390 e. The van der Waals surface area contributed by atoms with Crippen LogP contribution in [-0.2, 0) is 11.3 Å². The first-order chi connectivity index (χ1) is 9.62. The van der Waals surface area contributed by atoms with Gasteiger partial charge in [0.2, 0.25) is 0 Å². The molecule has 1 fully saturated rings. The van der Waals surface area contributed by atoms with Gasteiger partial charge in [-0.3, -0.25) is 0 Å². The quantitative estimate of drug-likeness (QED) is 0.927. The summed E-state index contributed by atoms with van der Waals surface area (Å²) in [6, 6.07) is 6.54. The standard InChI is InChI=1S/C17H26FNO2/c1-16(2)14(15(20)17(3,4)21-16)11-19(5)10-12-6-8-13(18)9-7-12/h6-9,14-15,20H,10-11H2,1-5H3. The van der Waals surface area contributed by atoms with E-state index in [1.165, 1.54) is 12.1 Å². The summed E-state index contributed by atoms with van der Waals surface area (Å²) in [7, 11) is 2.01. The maximum absolute atomic E-state index is 12.9. The molecule has 4 heteroatoms. The molecule has 1 N–H and O–H groups in total. The molecular formula is C17H26FNO2. The van der Waals surface area contributed by atoms with Gasteiger partial charge in [-0.25, -0.2) is 4.39 Å². The van der Waals surface area contributed by atoms with Gasteiger partial charge >= 0.3 is 0 Å². The summed E-state index contributed by atoms with van der Waals surface area (Å²) in [5, 5.41) is 10.5. The Labute approximate surface area is 126 Å². The summed E-state index contributed by atoms with van der Waals surface area (Å²) >= 11 is 0. The molecule has 0 radical (unpaired) electrons. The van der Waals surface area contributed by atoms with Crippen molar-refractivity contribution in [3.8, 4) is 0 Å². The van der Waals surface area contributed by atoms with Crippen molar-refractivity contribution in [2.24, 2.45) is 5.92 Å². The van der Waals surface area contributed by atoms with Crippen LogP contribution in [0.2, 0.25) is 0 Å². The summed E-state index contributed by atoms with van der Waals surface area (Å²) in [5.41, 5.74) is 0.176. The van der Waals surface area contributed by atoms with Crippen LogP contribution in [0.5, 0.6) is 0 Å². The zero-order chi connectivity index (χ0) is 15.8. The van der Waals surface area contributed by atoms with E-state index >= 15 is 0 Å².